The van der Waals surface area contributed by atoms with Gasteiger partial charge in [-0.2, -0.15) is 0 Å². The van der Waals surface area contributed by atoms with Gasteiger partial charge < -0.3 is 4.79 Å². The summed E-state index contributed by atoms with van der Waals surface area (Å²) < 4.78 is 0. The number of hydrogen-bond donors (Lipinski definition) is 0. The summed E-state index contributed by atoms with van der Waals surface area (Å²) in [7, 11) is 0. The van der Waals surface area contributed by atoms with E-state index < -0.39 is 0 Å². The number of carbonyl (C=O) groups excluding carboxylic acids is 1. The van der Waals surface area contributed by atoms with E-state index in [0.29, 0.717) is 0 Å². The number of rotatable bonds is 3. The number of benzene rings is 2. The van der Waals surface area contributed by atoms with E-state index in [1.54, 1.807) is 0 Å². The Balaban J connectivity index is 2.39. The second-order valence-corrected chi connectivity index (χ2v) is 4.86. The summed E-state index contributed by atoms with van der Waals surface area (Å²) in [6, 6.07) is 14.8. The molecule has 0 aromatic heterocycles. The van der Waals surface area contributed by atoms with Gasteiger partial charge in [0.2, 0.25) is 0 Å². The third-order valence-corrected chi connectivity index (χ3v) is 3.35. The van der Waals surface area contributed by atoms with Crippen LogP contribution in [0.1, 0.15) is 29.5 Å². The molecule has 0 N–H and O–H groups in total. The van der Waals surface area contributed by atoms with Gasteiger partial charge in [-0.15, -0.1) is 0 Å². The van der Waals surface area contributed by atoms with Gasteiger partial charge in [0.15, 0.2) is 0 Å². The van der Waals surface area contributed by atoms with E-state index in [-0.39, 0.29) is 5.92 Å². The quantitative estimate of drug-likeness (QED) is 0.730. The van der Waals surface area contributed by atoms with Gasteiger partial charge in [-0.3, -0.25) is 0 Å². The van der Waals surface area contributed by atoms with Crippen molar-refractivity contribution in [3.8, 4) is 11.1 Å². The van der Waals surface area contributed by atoms with Crippen molar-refractivity contribution in [3.63, 3.8) is 0 Å². The smallest absolute Gasteiger partial charge is 0.127 e. The second-order valence-electron chi connectivity index (χ2n) is 4.86. The minimum Gasteiger partial charge on any atom is -0.303 e. The van der Waals surface area contributed by atoms with E-state index in [9.17, 15) is 4.79 Å². The Kier molecular flexibility index (Phi) is 3.61. The van der Waals surface area contributed by atoms with Crippen LogP contribution in [0.15, 0.2) is 42.5 Å². The van der Waals surface area contributed by atoms with Gasteiger partial charge in [-0.1, -0.05) is 55.0 Å². The highest BCUT2D eigenvalue weighted by Crippen LogP contribution is 2.25. The van der Waals surface area contributed by atoms with Gasteiger partial charge in [-0.25, -0.2) is 0 Å². The largest absolute Gasteiger partial charge is 0.303 e. The Morgan fingerprint density at radius 2 is 1.56 bits per heavy atom. The van der Waals surface area contributed by atoms with Crippen LogP contribution in [0.5, 0.6) is 0 Å². The molecule has 0 radical (unpaired) electrons. The molecular formula is C17H18O. The molecular weight excluding hydrogens is 220 g/mol. The molecule has 2 aromatic carbocycles. The van der Waals surface area contributed by atoms with Crippen LogP contribution in [-0.2, 0) is 4.79 Å². The first-order valence-corrected chi connectivity index (χ1v) is 6.24. The molecule has 2 aromatic rings. The fourth-order valence-electron chi connectivity index (χ4n) is 2.19. The van der Waals surface area contributed by atoms with Crippen LogP contribution in [0.3, 0.4) is 0 Å². The monoisotopic (exact) mass is 238 g/mol. The molecule has 0 heterocycles. The number of aldehydes is 1. The zero-order chi connectivity index (χ0) is 13.1. The minimum absolute atomic E-state index is 0.0305. The number of hydrogen-bond acceptors (Lipinski definition) is 1. The number of carbonyl (C=O) groups is 1. The summed E-state index contributed by atoms with van der Waals surface area (Å²) in [6.45, 7) is 6.08. The molecule has 92 valence electrons. The normalized spacial score (nSPS) is 12.2. The Bertz CT molecular complexity index is 552. The Labute approximate surface area is 108 Å². The molecule has 0 saturated carbocycles. The maximum atomic E-state index is 10.8. The molecule has 0 amide bonds. The van der Waals surface area contributed by atoms with Crippen LogP contribution in [0.4, 0.5) is 0 Å². The van der Waals surface area contributed by atoms with Gasteiger partial charge in [0.1, 0.15) is 6.29 Å². The third kappa shape index (κ3) is 2.51. The van der Waals surface area contributed by atoms with Crippen LogP contribution < -0.4 is 0 Å². The molecule has 0 saturated heterocycles. The summed E-state index contributed by atoms with van der Waals surface area (Å²) in [6.07, 6.45) is 0.994. The average molecular weight is 238 g/mol. The van der Waals surface area contributed by atoms with Gasteiger partial charge in [0.25, 0.3) is 0 Å². The lowest BCUT2D eigenvalue weighted by Gasteiger charge is -2.11. The summed E-state index contributed by atoms with van der Waals surface area (Å²) in [4.78, 5) is 10.8. The van der Waals surface area contributed by atoms with Crippen LogP contribution in [0.2, 0.25) is 0 Å². The SMILES string of the molecule is Cc1ccc(-c2ccc(C(C)C=O)c(C)c2)cc1. The fraction of sp³-hybridized carbons (Fsp3) is 0.235. The van der Waals surface area contributed by atoms with E-state index in [1.165, 1.54) is 22.3 Å². The first-order chi connectivity index (χ1) is 8.61. The molecule has 0 spiro atoms. The van der Waals surface area contributed by atoms with Crippen LogP contribution >= 0.6 is 0 Å². The van der Waals surface area contributed by atoms with E-state index in [4.69, 9.17) is 0 Å². The standard InChI is InChI=1S/C17H18O/c1-12-4-6-15(7-5-12)16-8-9-17(13(2)10-16)14(3)11-18/h4-11,14H,1-3H3. The predicted octanol–water partition coefficient (Wildman–Crippen LogP) is 4.27. The molecule has 1 atom stereocenters. The van der Waals surface area contributed by atoms with E-state index in [2.05, 4.69) is 56.3 Å². The van der Waals surface area contributed by atoms with Gasteiger partial charge >= 0.3 is 0 Å². The molecule has 1 nitrogen and oxygen atoms in total. The zero-order valence-corrected chi connectivity index (χ0v) is 11.1. The first-order valence-electron chi connectivity index (χ1n) is 6.24. The zero-order valence-electron chi connectivity index (χ0n) is 11.1. The van der Waals surface area contributed by atoms with E-state index in [0.717, 1.165) is 11.8 Å². The molecule has 0 aliphatic carbocycles. The first kappa shape index (κ1) is 12.6. The third-order valence-electron chi connectivity index (χ3n) is 3.35. The maximum absolute atomic E-state index is 10.8. The molecule has 18 heavy (non-hydrogen) atoms. The highest BCUT2D eigenvalue weighted by Gasteiger charge is 2.08. The number of aryl methyl sites for hydroxylation is 2. The van der Waals surface area contributed by atoms with Crippen molar-refractivity contribution in [1.82, 2.24) is 0 Å². The second kappa shape index (κ2) is 5.18. The molecule has 0 bridgehead atoms. The van der Waals surface area contributed by atoms with Gasteiger partial charge in [0.05, 0.1) is 0 Å². The van der Waals surface area contributed by atoms with E-state index >= 15 is 0 Å². The minimum atomic E-state index is -0.0305. The van der Waals surface area contributed by atoms with Crippen molar-refractivity contribution in [2.24, 2.45) is 0 Å². The topological polar surface area (TPSA) is 17.1 Å². The van der Waals surface area contributed by atoms with Crippen molar-refractivity contribution in [2.45, 2.75) is 26.7 Å². The van der Waals surface area contributed by atoms with Crippen molar-refractivity contribution in [2.75, 3.05) is 0 Å². The van der Waals surface area contributed by atoms with Crippen molar-refractivity contribution in [1.29, 1.82) is 0 Å². The van der Waals surface area contributed by atoms with Crippen LogP contribution in [0.25, 0.3) is 11.1 Å². The highest BCUT2D eigenvalue weighted by molar-refractivity contribution is 5.68. The summed E-state index contributed by atoms with van der Waals surface area (Å²) in [5, 5.41) is 0. The van der Waals surface area contributed by atoms with Crippen LogP contribution in [0, 0.1) is 13.8 Å². The van der Waals surface area contributed by atoms with Gasteiger partial charge in [-0.05, 0) is 36.1 Å². The highest BCUT2D eigenvalue weighted by atomic mass is 16.1. The molecule has 2 rings (SSSR count). The summed E-state index contributed by atoms with van der Waals surface area (Å²) in [5.74, 6) is -0.0305. The van der Waals surface area contributed by atoms with Crippen molar-refractivity contribution in [3.05, 3.63) is 59.2 Å². The fourth-order valence-corrected chi connectivity index (χ4v) is 2.19. The summed E-state index contributed by atoms with van der Waals surface area (Å²) >= 11 is 0. The van der Waals surface area contributed by atoms with E-state index in [1.807, 2.05) is 6.92 Å². The molecule has 0 aliphatic rings. The Hall–Kier alpha value is -1.89. The lowest BCUT2D eigenvalue weighted by atomic mass is 9.93. The van der Waals surface area contributed by atoms with Gasteiger partial charge in [0, 0.05) is 5.92 Å². The average Bonchev–Trinajstić information content (AvgIpc) is 2.38. The molecule has 1 heteroatoms. The van der Waals surface area contributed by atoms with Crippen molar-refractivity contribution < 1.29 is 4.79 Å². The maximum Gasteiger partial charge on any atom is 0.127 e. The van der Waals surface area contributed by atoms with Crippen LogP contribution in [-0.4, -0.2) is 6.29 Å². The summed E-state index contributed by atoms with van der Waals surface area (Å²) in [5.41, 5.74) is 5.97. The molecule has 1 unspecified atom stereocenters. The molecule has 0 fully saturated rings. The lowest BCUT2D eigenvalue weighted by Crippen LogP contribution is -1.97. The van der Waals surface area contributed by atoms with Crippen molar-refractivity contribution >= 4 is 6.29 Å². The Morgan fingerprint density at radius 3 is 2.11 bits per heavy atom. The lowest BCUT2D eigenvalue weighted by molar-refractivity contribution is -0.108. The Morgan fingerprint density at radius 1 is 0.944 bits per heavy atom. The molecule has 0 aliphatic heterocycles. The predicted molar refractivity (Wildman–Crippen MR) is 75.8 cm³/mol.